The van der Waals surface area contributed by atoms with E-state index in [-0.39, 0.29) is 58.3 Å². The van der Waals surface area contributed by atoms with Gasteiger partial charge in [-0.3, -0.25) is 19.7 Å². The number of fused-ring (bicyclic) bond motifs is 5. The van der Waals surface area contributed by atoms with Gasteiger partial charge in [0.1, 0.15) is 6.10 Å². The quantitative estimate of drug-likeness (QED) is 0.0974. The number of rotatable bonds is 7. The molecular weight excluding hydrogens is 628 g/mol. The summed E-state index contributed by atoms with van der Waals surface area (Å²) in [6, 6.07) is 4.87. The molecule has 0 spiro atoms. The first kappa shape index (κ1) is 36.7. The van der Waals surface area contributed by atoms with Gasteiger partial charge in [-0.15, -0.1) is 0 Å². The molecule has 0 saturated heterocycles. The highest BCUT2D eigenvalue weighted by atomic mass is 16.7. The minimum Gasteiger partial charge on any atom is -0.458 e. The van der Waals surface area contributed by atoms with Crippen molar-refractivity contribution in [1.29, 1.82) is 0 Å². The summed E-state index contributed by atoms with van der Waals surface area (Å²) in [5.41, 5.74) is 3.29. The van der Waals surface area contributed by atoms with Crippen LogP contribution in [-0.4, -0.2) is 51.3 Å². The third-order valence-corrected chi connectivity index (χ3v) is 13.1. The van der Waals surface area contributed by atoms with Gasteiger partial charge in [-0.25, -0.2) is 4.79 Å². The standard InChI is InChI=1S/C38H52N2O9/c1-21(2)9-8-10-26(34(44)39-49-35(45)24-11-13-25(14-12-24)40(46)47)32-28-19-30(43)33-36(5)17-16-29(42)22(3)27(36)15-18-37(33,6)38(28,7)20-31(32)48-23(4)41/h9,11-14,22,27-31,33,42-43H,8,10,15-20H2,1-7H3,(H,39,44)/b32-26-/t22-,27-,28-,29+,30+,31-,33-,36-,37-,38-/m0/s1. The Balaban J connectivity index is 1.53. The molecular formula is C38H52N2O9. The van der Waals surface area contributed by atoms with E-state index < -0.39 is 40.4 Å². The minimum absolute atomic E-state index is 0.0268. The van der Waals surface area contributed by atoms with Crippen molar-refractivity contribution in [3.8, 4) is 0 Å². The lowest BCUT2D eigenvalue weighted by Gasteiger charge is -2.69. The number of nitro groups is 1. The van der Waals surface area contributed by atoms with Gasteiger partial charge < -0.3 is 19.8 Å². The van der Waals surface area contributed by atoms with E-state index in [9.17, 15) is 34.7 Å². The number of hydrogen-bond donors (Lipinski definition) is 3. The van der Waals surface area contributed by atoms with Crippen LogP contribution in [0.1, 0.15) is 110 Å². The monoisotopic (exact) mass is 680 g/mol. The summed E-state index contributed by atoms with van der Waals surface area (Å²) in [7, 11) is 0. The first-order chi connectivity index (χ1) is 22.9. The lowest BCUT2D eigenvalue weighted by Crippen LogP contribution is -2.65. The van der Waals surface area contributed by atoms with Crippen LogP contribution in [0.2, 0.25) is 0 Å². The fourth-order valence-electron chi connectivity index (χ4n) is 10.7. The van der Waals surface area contributed by atoms with Crippen LogP contribution in [0.3, 0.4) is 0 Å². The minimum atomic E-state index is -0.884. The van der Waals surface area contributed by atoms with Crippen LogP contribution in [0.25, 0.3) is 0 Å². The molecule has 4 aliphatic carbocycles. The van der Waals surface area contributed by atoms with Crippen LogP contribution >= 0.6 is 0 Å². The van der Waals surface area contributed by atoms with E-state index >= 15 is 0 Å². The van der Waals surface area contributed by atoms with Crippen molar-refractivity contribution in [1.82, 2.24) is 5.48 Å². The number of nitrogens with zero attached hydrogens (tertiary/aromatic N) is 1. The number of amides is 1. The Kier molecular flexibility index (Phi) is 10.2. The van der Waals surface area contributed by atoms with Gasteiger partial charge in [0.2, 0.25) is 0 Å². The zero-order valence-electron chi connectivity index (χ0n) is 29.8. The predicted octanol–water partition coefficient (Wildman–Crippen LogP) is 6.38. The molecule has 11 nitrogen and oxygen atoms in total. The molecule has 4 fully saturated rings. The van der Waals surface area contributed by atoms with Crippen LogP contribution < -0.4 is 5.48 Å². The molecule has 3 N–H and O–H groups in total. The van der Waals surface area contributed by atoms with Crippen molar-refractivity contribution in [3.63, 3.8) is 0 Å². The fourth-order valence-corrected chi connectivity index (χ4v) is 10.7. The van der Waals surface area contributed by atoms with Gasteiger partial charge in [0.05, 0.1) is 22.7 Å². The van der Waals surface area contributed by atoms with Gasteiger partial charge >= 0.3 is 11.9 Å². The van der Waals surface area contributed by atoms with Crippen molar-refractivity contribution in [2.24, 2.45) is 39.9 Å². The number of allylic oxidation sites excluding steroid dienone is 2. The maximum Gasteiger partial charge on any atom is 0.362 e. The van der Waals surface area contributed by atoms with Gasteiger partial charge in [-0.1, -0.05) is 39.3 Å². The summed E-state index contributed by atoms with van der Waals surface area (Å²) in [5.74, 6) is -1.90. The van der Waals surface area contributed by atoms with Crippen molar-refractivity contribution in [3.05, 3.63) is 62.7 Å². The van der Waals surface area contributed by atoms with Crippen LogP contribution in [0, 0.1) is 50.0 Å². The van der Waals surface area contributed by atoms with Crippen LogP contribution in [-0.2, 0) is 19.2 Å². The van der Waals surface area contributed by atoms with E-state index in [1.165, 1.54) is 31.2 Å². The molecule has 49 heavy (non-hydrogen) atoms. The molecule has 0 radical (unpaired) electrons. The third-order valence-electron chi connectivity index (χ3n) is 13.1. The van der Waals surface area contributed by atoms with E-state index in [4.69, 9.17) is 9.57 Å². The summed E-state index contributed by atoms with van der Waals surface area (Å²) in [6.45, 7) is 14.2. The molecule has 1 amide bonds. The summed E-state index contributed by atoms with van der Waals surface area (Å²) >= 11 is 0. The topological polar surface area (TPSA) is 165 Å². The summed E-state index contributed by atoms with van der Waals surface area (Å²) < 4.78 is 6.02. The van der Waals surface area contributed by atoms with E-state index in [1.54, 1.807) is 0 Å². The van der Waals surface area contributed by atoms with Crippen LogP contribution in [0.4, 0.5) is 5.69 Å². The second kappa shape index (κ2) is 13.6. The van der Waals surface area contributed by atoms with Crippen LogP contribution in [0.5, 0.6) is 0 Å². The highest BCUT2D eigenvalue weighted by molar-refractivity contribution is 5.96. The van der Waals surface area contributed by atoms with Crippen LogP contribution in [0.15, 0.2) is 47.1 Å². The van der Waals surface area contributed by atoms with Gasteiger partial charge in [-0.2, -0.15) is 5.48 Å². The molecule has 5 rings (SSSR count). The number of aliphatic hydroxyl groups excluding tert-OH is 2. The number of aliphatic hydroxyl groups is 2. The zero-order valence-corrected chi connectivity index (χ0v) is 29.8. The Morgan fingerprint density at radius 3 is 2.31 bits per heavy atom. The zero-order chi connectivity index (χ0) is 36.1. The summed E-state index contributed by atoms with van der Waals surface area (Å²) in [4.78, 5) is 55.2. The number of carbonyl (C=O) groups is 3. The molecule has 1 aromatic carbocycles. The smallest absolute Gasteiger partial charge is 0.362 e. The molecule has 0 bridgehead atoms. The number of nitrogens with one attached hydrogen (secondary N) is 1. The predicted molar refractivity (Wildman–Crippen MR) is 182 cm³/mol. The fraction of sp³-hybridized carbons (Fsp3) is 0.658. The molecule has 1 aromatic rings. The first-order valence-electron chi connectivity index (χ1n) is 17.6. The second-order valence-electron chi connectivity index (χ2n) is 16.0. The lowest BCUT2D eigenvalue weighted by atomic mass is 9.36. The molecule has 0 aromatic heterocycles. The molecule has 4 saturated carbocycles. The normalized spacial score (nSPS) is 37.4. The number of non-ortho nitro benzene ring substituents is 1. The van der Waals surface area contributed by atoms with Gasteiger partial charge in [0, 0.05) is 24.6 Å². The Bertz CT molecular complexity index is 1550. The number of benzene rings is 1. The molecule has 268 valence electrons. The Labute approximate surface area is 288 Å². The van der Waals surface area contributed by atoms with Gasteiger partial charge in [0.25, 0.3) is 11.6 Å². The van der Waals surface area contributed by atoms with Crippen molar-refractivity contribution in [2.75, 3.05) is 0 Å². The van der Waals surface area contributed by atoms with Crippen molar-refractivity contribution < 1.29 is 39.1 Å². The van der Waals surface area contributed by atoms with E-state index in [1.807, 2.05) is 19.9 Å². The highest BCUT2D eigenvalue weighted by Crippen LogP contribution is 2.74. The average molecular weight is 681 g/mol. The number of hydrogen-bond acceptors (Lipinski definition) is 9. The molecule has 4 aliphatic rings. The maximum absolute atomic E-state index is 14.1. The van der Waals surface area contributed by atoms with E-state index in [0.29, 0.717) is 36.8 Å². The third kappa shape index (κ3) is 6.44. The van der Waals surface area contributed by atoms with E-state index in [2.05, 4.69) is 33.2 Å². The van der Waals surface area contributed by atoms with Crippen molar-refractivity contribution >= 4 is 23.5 Å². The highest BCUT2D eigenvalue weighted by Gasteiger charge is 2.70. The molecule has 10 atom stereocenters. The molecule has 0 heterocycles. The number of hydroxylamine groups is 1. The van der Waals surface area contributed by atoms with Gasteiger partial charge in [-0.05, 0) is 123 Å². The largest absolute Gasteiger partial charge is 0.458 e. The summed E-state index contributed by atoms with van der Waals surface area (Å²) in [5, 5.41) is 34.0. The van der Waals surface area contributed by atoms with Crippen molar-refractivity contribution in [2.45, 2.75) is 118 Å². The molecule has 0 unspecified atom stereocenters. The SMILES string of the molecule is CC(=O)O[C@H]1C[C@@]2(C)[C@@H](C[C@@H](O)[C@H]3[C@@]4(C)CC[C@@H](O)[C@@H](C)[C@@H]4CC[C@@]32C)/C1=C(\CCC=C(C)C)C(=O)NOC(=O)c1ccc([N+](=O)[O-])cc1. The average Bonchev–Trinajstić information content (AvgIpc) is 3.30. The number of esters is 1. The number of ether oxygens (including phenoxy) is 1. The number of carbonyl (C=O) groups excluding carboxylic acids is 3. The lowest BCUT2D eigenvalue weighted by molar-refractivity contribution is -0.384. The molecule has 11 heteroatoms. The Morgan fingerprint density at radius 1 is 1.02 bits per heavy atom. The van der Waals surface area contributed by atoms with Gasteiger partial charge in [0.15, 0.2) is 0 Å². The first-order valence-corrected chi connectivity index (χ1v) is 17.6. The second-order valence-corrected chi connectivity index (χ2v) is 16.0. The Hall–Kier alpha value is -3.57. The van der Waals surface area contributed by atoms with E-state index in [0.717, 1.165) is 24.8 Å². The number of nitro benzene ring substituents is 1. The summed E-state index contributed by atoms with van der Waals surface area (Å²) in [6.07, 6.45) is 5.26. The Morgan fingerprint density at radius 2 is 1.69 bits per heavy atom. The molecule has 0 aliphatic heterocycles. The maximum atomic E-state index is 14.1.